The van der Waals surface area contributed by atoms with Crippen molar-refractivity contribution in [2.75, 3.05) is 0 Å². The predicted molar refractivity (Wildman–Crippen MR) is 86.9 cm³/mol. The van der Waals surface area contributed by atoms with Gasteiger partial charge in [-0.2, -0.15) is 0 Å². The Morgan fingerprint density at radius 1 is 1.10 bits per heavy atom. The van der Waals surface area contributed by atoms with Crippen LogP contribution >= 0.6 is 11.8 Å². The van der Waals surface area contributed by atoms with E-state index < -0.39 is 0 Å². The number of nitrogens with two attached hydrogens (primary N) is 1. The van der Waals surface area contributed by atoms with Crippen LogP contribution < -0.4 is 5.73 Å². The normalized spacial score (nSPS) is 14.2. The number of fused-ring (bicyclic) bond motifs is 1. The summed E-state index contributed by atoms with van der Waals surface area (Å²) in [6, 6.07) is 16.6. The van der Waals surface area contributed by atoms with Crippen LogP contribution in [0.15, 0.2) is 59.6 Å². The average molecular weight is 300 g/mol. The summed E-state index contributed by atoms with van der Waals surface area (Å²) in [4.78, 5) is 3.39. The summed E-state index contributed by atoms with van der Waals surface area (Å²) in [5.41, 5.74) is 8.35. The van der Waals surface area contributed by atoms with Gasteiger partial charge >= 0.3 is 0 Å². The van der Waals surface area contributed by atoms with E-state index in [0.717, 1.165) is 16.1 Å². The van der Waals surface area contributed by atoms with Crippen LogP contribution in [0.2, 0.25) is 0 Å². The molecule has 2 unspecified atom stereocenters. The van der Waals surface area contributed by atoms with Crippen molar-refractivity contribution in [2.24, 2.45) is 5.73 Å². The molecule has 1 heterocycles. The van der Waals surface area contributed by atoms with Crippen LogP contribution in [-0.2, 0) is 0 Å². The number of aromatic amines is 1. The maximum Gasteiger partial charge on any atom is 0.123 e. The fourth-order valence-corrected chi connectivity index (χ4v) is 3.41. The molecule has 0 saturated heterocycles. The van der Waals surface area contributed by atoms with Crippen molar-refractivity contribution in [3.8, 4) is 0 Å². The van der Waals surface area contributed by atoms with E-state index in [9.17, 15) is 4.39 Å². The molecule has 3 rings (SSSR count). The molecule has 0 spiro atoms. The van der Waals surface area contributed by atoms with Gasteiger partial charge in [0.25, 0.3) is 0 Å². The molecular weight excluding hydrogens is 283 g/mol. The lowest BCUT2D eigenvalue weighted by Gasteiger charge is -2.19. The number of thioether (sulfide) groups is 1. The molecule has 2 aromatic carbocycles. The minimum atomic E-state index is -0.234. The maximum absolute atomic E-state index is 13.0. The van der Waals surface area contributed by atoms with Gasteiger partial charge in [0.15, 0.2) is 0 Å². The fraction of sp³-hybridized carbons (Fsp3) is 0.176. The van der Waals surface area contributed by atoms with Gasteiger partial charge in [0.05, 0.1) is 5.03 Å². The monoisotopic (exact) mass is 300 g/mol. The van der Waals surface area contributed by atoms with Crippen LogP contribution in [0.5, 0.6) is 0 Å². The predicted octanol–water partition coefficient (Wildman–Crippen LogP) is 4.49. The molecule has 0 saturated carbocycles. The molecule has 0 aliphatic heterocycles. The summed E-state index contributed by atoms with van der Waals surface area (Å²) in [7, 11) is 0. The van der Waals surface area contributed by atoms with Crippen LogP contribution in [0.1, 0.15) is 18.5 Å². The van der Waals surface area contributed by atoms with E-state index in [1.165, 1.54) is 17.5 Å². The molecule has 0 amide bonds. The SMILES string of the molecule is CC(Sc1cc2ccccc2[nH]1)C(N)c1ccc(F)cc1. The highest BCUT2D eigenvalue weighted by molar-refractivity contribution is 7.99. The van der Waals surface area contributed by atoms with Gasteiger partial charge in [-0.15, -0.1) is 11.8 Å². The standard InChI is InChI=1S/C17H17FN2S/c1-11(17(19)12-6-8-14(18)9-7-12)21-16-10-13-4-2-3-5-15(13)20-16/h2-11,17,20H,19H2,1H3. The largest absolute Gasteiger partial charge is 0.350 e. The molecule has 0 radical (unpaired) electrons. The van der Waals surface area contributed by atoms with Gasteiger partial charge in [0, 0.05) is 22.2 Å². The number of hydrogen-bond donors (Lipinski definition) is 2. The molecule has 0 aliphatic carbocycles. The minimum Gasteiger partial charge on any atom is -0.350 e. The number of aromatic nitrogens is 1. The summed E-state index contributed by atoms with van der Waals surface area (Å²) < 4.78 is 13.0. The van der Waals surface area contributed by atoms with Gasteiger partial charge in [0.2, 0.25) is 0 Å². The van der Waals surface area contributed by atoms with E-state index in [2.05, 4.69) is 30.1 Å². The Kier molecular flexibility index (Phi) is 3.99. The zero-order chi connectivity index (χ0) is 14.8. The van der Waals surface area contributed by atoms with E-state index in [0.29, 0.717) is 0 Å². The molecule has 0 aliphatic rings. The highest BCUT2D eigenvalue weighted by atomic mass is 32.2. The van der Waals surface area contributed by atoms with Crippen molar-refractivity contribution >= 4 is 22.7 Å². The summed E-state index contributed by atoms with van der Waals surface area (Å²) >= 11 is 1.70. The van der Waals surface area contributed by atoms with Gasteiger partial charge in [-0.3, -0.25) is 0 Å². The Hall–Kier alpha value is -1.78. The maximum atomic E-state index is 13.0. The van der Waals surface area contributed by atoms with Crippen molar-refractivity contribution in [3.63, 3.8) is 0 Å². The average Bonchev–Trinajstić information content (AvgIpc) is 2.89. The minimum absolute atomic E-state index is 0.137. The van der Waals surface area contributed by atoms with E-state index in [4.69, 9.17) is 5.73 Å². The molecule has 0 bridgehead atoms. The third kappa shape index (κ3) is 3.12. The van der Waals surface area contributed by atoms with Crippen LogP contribution in [0.3, 0.4) is 0 Å². The molecule has 21 heavy (non-hydrogen) atoms. The first kappa shape index (κ1) is 14.2. The number of rotatable bonds is 4. The Morgan fingerprint density at radius 2 is 1.81 bits per heavy atom. The second-order valence-corrected chi connectivity index (χ2v) is 6.54. The highest BCUT2D eigenvalue weighted by Crippen LogP contribution is 2.32. The van der Waals surface area contributed by atoms with Gasteiger partial charge in [-0.25, -0.2) is 4.39 Å². The molecule has 2 nitrogen and oxygen atoms in total. The summed E-state index contributed by atoms with van der Waals surface area (Å²) in [6.45, 7) is 2.09. The van der Waals surface area contributed by atoms with Crippen LogP contribution in [0.4, 0.5) is 4.39 Å². The van der Waals surface area contributed by atoms with E-state index in [1.54, 1.807) is 23.9 Å². The molecule has 108 valence electrons. The van der Waals surface area contributed by atoms with Crippen molar-refractivity contribution in [1.82, 2.24) is 4.98 Å². The molecular formula is C17H17FN2S. The second kappa shape index (κ2) is 5.92. The van der Waals surface area contributed by atoms with Crippen LogP contribution in [0.25, 0.3) is 10.9 Å². The van der Waals surface area contributed by atoms with E-state index in [1.807, 2.05) is 12.1 Å². The number of halogens is 1. The third-order valence-corrected chi connectivity index (χ3v) is 4.72. The lowest BCUT2D eigenvalue weighted by Crippen LogP contribution is -2.21. The molecule has 1 aromatic heterocycles. The Balaban J connectivity index is 1.75. The van der Waals surface area contributed by atoms with Crippen molar-refractivity contribution < 1.29 is 4.39 Å². The molecule has 3 aromatic rings. The topological polar surface area (TPSA) is 41.8 Å². The first-order chi connectivity index (χ1) is 10.1. The molecule has 0 fully saturated rings. The lowest BCUT2D eigenvalue weighted by atomic mass is 10.1. The smallest absolute Gasteiger partial charge is 0.123 e. The van der Waals surface area contributed by atoms with Crippen molar-refractivity contribution in [3.05, 3.63) is 66.0 Å². The van der Waals surface area contributed by atoms with Crippen molar-refractivity contribution in [1.29, 1.82) is 0 Å². The zero-order valence-electron chi connectivity index (χ0n) is 11.7. The van der Waals surface area contributed by atoms with E-state index in [-0.39, 0.29) is 17.1 Å². The van der Waals surface area contributed by atoms with Gasteiger partial charge in [0.1, 0.15) is 5.82 Å². The van der Waals surface area contributed by atoms with Gasteiger partial charge in [-0.1, -0.05) is 37.3 Å². The third-order valence-electron chi connectivity index (χ3n) is 3.58. The lowest BCUT2D eigenvalue weighted by molar-refractivity contribution is 0.624. The number of para-hydroxylation sites is 1. The van der Waals surface area contributed by atoms with Gasteiger partial charge < -0.3 is 10.7 Å². The van der Waals surface area contributed by atoms with Crippen molar-refractivity contribution in [2.45, 2.75) is 23.2 Å². The first-order valence-electron chi connectivity index (χ1n) is 6.89. The zero-order valence-corrected chi connectivity index (χ0v) is 12.5. The first-order valence-corrected chi connectivity index (χ1v) is 7.77. The summed E-state index contributed by atoms with van der Waals surface area (Å²) in [6.07, 6.45) is 0. The van der Waals surface area contributed by atoms with E-state index >= 15 is 0 Å². The number of nitrogens with one attached hydrogen (secondary N) is 1. The number of hydrogen-bond acceptors (Lipinski definition) is 2. The number of H-pyrrole nitrogens is 1. The summed E-state index contributed by atoms with van der Waals surface area (Å²) in [5, 5.41) is 2.48. The highest BCUT2D eigenvalue weighted by Gasteiger charge is 2.17. The second-order valence-electron chi connectivity index (χ2n) is 5.12. The Morgan fingerprint density at radius 3 is 2.52 bits per heavy atom. The fourth-order valence-electron chi connectivity index (χ4n) is 2.34. The molecule has 4 heteroatoms. The van der Waals surface area contributed by atoms with Gasteiger partial charge in [-0.05, 0) is 29.8 Å². The van der Waals surface area contributed by atoms with Crippen LogP contribution in [0, 0.1) is 5.82 Å². The Labute approximate surface area is 127 Å². The molecule has 2 atom stereocenters. The Bertz CT molecular complexity index is 703. The quantitative estimate of drug-likeness (QED) is 0.697. The summed E-state index contributed by atoms with van der Waals surface area (Å²) in [5.74, 6) is -0.234. The molecule has 3 N–H and O–H groups in total. The number of benzene rings is 2. The van der Waals surface area contributed by atoms with Crippen LogP contribution in [-0.4, -0.2) is 10.2 Å².